The number of hydrogen-bond acceptors (Lipinski definition) is 4. The lowest BCUT2D eigenvalue weighted by molar-refractivity contribution is -0.152. The first-order valence-corrected chi connectivity index (χ1v) is 7.83. The first-order chi connectivity index (χ1) is 11.0. The monoisotopic (exact) mass is 320 g/mol. The molecule has 1 aliphatic heterocycles. The molecule has 3 rings (SSSR count). The number of halogens is 1. The van der Waals surface area contributed by atoms with Crippen LogP contribution in [0.5, 0.6) is 0 Å². The summed E-state index contributed by atoms with van der Waals surface area (Å²) < 4.78 is 17.9. The number of nitrogens with one attached hydrogen (secondary N) is 1. The summed E-state index contributed by atoms with van der Waals surface area (Å²) in [6.07, 6.45) is 1.87. The van der Waals surface area contributed by atoms with Crippen molar-refractivity contribution >= 4 is 11.9 Å². The highest BCUT2D eigenvalue weighted by Crippen LogP contribution is 2.47. The number of ether oxygens (including phenoxy) is 1. The summed E-state index contributed by atoms with van der Waals surface area (Å²) in [6.45, 7) is 0.832. The molecule has 1 aromatic carbocycles. The summed E-state index contributed by atoms with van der Waals surface area (Å²) in [5.41, 5.74) is -0.0388. The lowest BCUT2D eigenvalue weighted by atomic mass is 9.98. The van der Waals surface area contributed by atoms with Gasteiger partial charge in [-0.3, -0.25) is 14.5 Å². The molecule has 1 aromatic rings. The van der Waals surface area contributed by atoms with E-state index in [1.54, 1.807) is 12.1 Å². The molecule has 1 N–H and O–H groups in total. The molecular weight excluding hydrogens is 299 g/mol. The van der Waals surface area contributed by atoms with Crippen LogP contribution in [-0.4, -0.2) is 43.5 Å². The summed E-state index contributed by atoms with van der Waals surface area (Å²) in [5.74, 6) is -0.992. The molecule has 2 fully saturated rings. The second-order valence-corrected chi connectivity index (χ2v) is 6.42. The fourth-order valence-electron chi connectivity index (χ4n) is 3.40. The Balaban J connectivity index is 1.75. The SMILES string of the molecule is COC(=O)C1(C(=O)N[C@H]2CCN(C)[C@H]2c2ccc(F)cc2)CC1. The van der Waals surface area contributed by atoms with Gasteiger partial charge in [-0.15, -0.1) is 0 Å². The number of rotatable bonds is 4. The molecule has 0 unspecified atom stereocenters. The van der Waals surface area contributed by atoms with Gasteiger partial charge in [0.1, 0.15) is 11.2 Å². The number of esters is 1. The number of benzene rings is 1. The molecule has 0 aromatic heterocycles. The van der Waals surface area contributed by atoms with Crippen molar-refractivity contribution in [2.24, 2.45) is 5.41 Å². The van der Waals surface area contributed by atoms with Crippen LogP contribution in [0, 0.1) is 11.2 Å². The molecule has 1 heterocycles. The summed E-state index contributed by atoms with van der Waals surface area (Å²) >= 11 is 0. The number of likely N-dealkylation sites (N-methyl/N-ethyl adjacent to an activating group) is 1. The molecule has 2 atom stereocenters. The van der Waals surface area contributed by atoms with Crippen LogP contribution in [0.4, 0.5) is 4.39 Å². The molecule has 0 radical (unpaired) electrons. The van der Waals surface area contributed by atoms with E-state index in [9.17, 15) is 14.0 Å². The summed E-state index contributed by atoms with van der Waals surface area (Å²) in [5, 5.41) is 3.02. The van der Waals surface area contributed by atoms with Crippen LogP contribution in [0.3, 0.4) is 0 Å². The quantitative estimate of drug-likeness (QED) is 0.677. The largest absolute Gasteiger partial charge is 0.468 e. The highest BCUT2D eigenvalue weighted by atomic mass is 19.1. The van der Waals surface area contributed by atoms with Crippen LogP contribution in [0.1, 0.15) is 30.9 Å². The van der Waals surface area contributed by atoms with Crippen molar-refractivity contribution in [1.29, 1.82) is 0 Å². The van der Waals surface area contributed by atoms with Crippen molar-refractivity contribution in [2.75, 3.05) is 20.7 Å². The predicted molar refractivity (Wildman–Crippen MR) is 82.0 cm³/mol. The molecule has 124 valence electrons. The Morgan fingerprint density at radius 2 is 1.96 bits per heavy atom. The minimum Gasteiger partial charge on any atom is -0.468 e. The fraction of sp³-hybridized carbons (Fsp3) is 0.529. The number of carbonyl (C=O) groups is 2. The van der Waals surface area contributed by atoms with Crippen LogP contribution >= 0.6 is 0 Å². The maximum atomic E-state index is 13.1. The van der Waals surface area contributed by atoms with E-state index < -0.39 is 11.4 Å². The third kappa shape index (κ3) is 2.83. The highest BCUT2D eigenvalue weighted by Gasteiger charge is 2.58. The van der Waals surface area contributed by atoms with E-state index in [1.165, 1.54) is 19.2 Å². The average molecular weight is 320 g/mol. The standard InChI is InChI=1S/C17H21FN2O3/c1-20-10-7-13(14(20)11-3-5-12(18)6-4-11)19-15(21)17(8-9-17)16(22)23-2/h3-6,13-14H,7-10H2,1-2H3,(H,19,21)/t13-,14-/m0/s1. The third-order valence-corrected chi connectivity index (χ3v) is 4.94. The zero-order chi connectivity index (χ0) is 16.6. The molecule has 1 aliphatic carbocycles. The Kier molecular flexibility index (Phi) is 4.10. The lowest BCUT2D eigenvalue weighted by Crippen LogP contribution is -2.45. The van der Waals surface area contributed by atoms with Gasteiger partial charge in [-0.25, -0.2) is 4.39 Å². The Morgan fingerprint density at radius 3 is 2.52 bits per heavy atom. The molecule has 6 heteroatoms. The van der Waals surface area contributed by atoms with E-state index in [0.29, 0.717) is 12.8 Å². The van der Waals surface area contributed by atoms with E-state index in [2.05, 4.69) is 10.2 Å². The van der Waals surface area contributed by atoms with Crippen LogP contribution in [-0.2, 0) is 14.3 Å². The smallest absolute Gasteiger partial charge is 0.321 e. The molecule has 23 heavy (non-hydrogen) atoms. The van der Waals surface area contributed by atoms with Crippen molar-refractivity contribution < 1.29 is 18.7 Å². The first kappa shape index (κ1) is 15.9. The Bertz CT molecular complexity index is 613. The lowest BCUT2D eigenvalue weighted by Gasteiger charge is -2.27. The Labute approximate surface area is 134 Å². The van der Waals surface area contributed by atoms with Crippen molar-refractivity contribution in [3.05, 3.63) is 35.6 Å². The van der Waals surface area contributed by atoms with Gasteiger partial charge >= 0.3 is 5.97 Å². The maximum absolute atomic E-state index is 13.1. The molecular formula is C17H21FN2O3. The van der Waals surface area contributed by atoms with Crippen molar-refractivity contribution in [2.45, 2.75) is 31.3 Å². The van der Waals surface area contributed by atoms with Crippen molar-refractivity contribution in [3.8, 4) is 0 Å². The number of hydrogen-bond donors (Lipinski definition) is 1. The van der Waals surface area contributed by atoms with E-state index >= 15 is 0 Å². The van der Waals surface area contributed by atoms with Gasteiger partial charge in [0.15, 0.2) is 0 Å². The molecule has 2 aliphatic rings. The van der Waals surface area contributed by atoms with Crippen LogP contribution in [0.15, 0.2) is 24.3 Å². The second kappa shape index (κ2) is 5.92. The average Bonchev–Trinajstić information content (AvgIpc) is 3.28. The second-order valence-electron chi connectivity index (χ2n) is 6.42. The highest BCUT2D eigenvalue weighted by molar-refractivity contribution is 6.05. The van der Waals surface area contributed by atoms with Crippen LogP contribution in [0.25, 0.3) is 0 Å². The Morgan fingerprint density at radius 1 is 1.30 bits per heavy atom. The van der Waals surface area contributed by atoms with Gasteiger partial charge in [0, 0.05) is 12.6 Å². The van der Waals surface area contributed by atoms with Gasteiger partial charge in [0.25, 0.3) is 0 Å². The zero-order valence-electron chi connectivity index (χ0n) is 13.3. The minimum absolute atomic E-state index is 0.0204. The number of carbonyl (C=O) groups excluding carboxylic acids is 2. The number of amides is 1. The van der Waals surface area contributed by atoms with E-state index in [4.69, 9.17) is 4.74 Å². The van der Waals surface area contributed by atoms with Gasteiger partial charge in [0.2, 0.25) is 5.91 Å². The van der Waals surface area contributed by atoms with Gasteiger partial charge in [-0.2, -0.15) is 0 Å². The number of methoxy groups -OCH3 is 1. The zero-order valence-corrected chi connectivity index (χ0v) is 13.3. The summed E-state index contributed by atoms with van der Waals surface area (Å²) in [7, 11) is 3.29. The minimum atomic E-state index is -0.997. The molecule has 1 saturated heterocycles. The third-order valence-electron chi connectivity index (χ3n) is 4.94. The predicted octanol–water partition coefficient (Wildman–Crippen LogP) is 1.64. The number of nitrogens with zero attached hydrogens (tertiary/aromatic N) is 1. The van der Waals surface area contributed by atoms with Gasteiger partial charge in [0.05, 0.1) is 13.2 Å². The molecule has 0 bridgehead atoms. The van der Waals surface area contributed by atoms with Crippen molar-refractivity contribution in [1.82, 2.24) is 10.2 Å². The van der Waals surface area contributed by atoms with Crippen LogP contribution in [0.2, 0.25) is 0 Å². The number of likely N-dealkylation sites (tertiary alicyclic amines) is 1. The van der Waals surface area contributed by atoms with Gasteiger partial charge in [-0.05, 0) is 44.0 Å². The van der Waals surface area contributed by atoms with Gasteiger partial charge < -0.3 is 10.1 Å². The molecule has 1 amide bonds. The summed E-state index contributed by atoms with van der Waals surface area (Å²) in [4.78, 5) is 26.5. The normalized spacial score (nSPS) is 25.9. The van der Waals surface area contributed by atoms with E-state index in [-0.39, 0.29) is 23.8 Å². The topological polar surface area (TPSA) is 58.6 Å². The van der Waals surface area contributed by atoms with E-state index in [1.807, 2.05) is 7.05 Å². The van der Waals surface area contributed by atoms with Crippen molar-refractivity contribution in [3.63, 3.8) is 0 Å². The maximum Gasteiger partial charge on any atom is 0.321 e. The molecule has 0 spiro atoms. The van der Waals surface area contributed by atoms with Crippen LogP contribution < -0.4 is 5.32 Å². The molecule has 1 saturated carbocycles. The van der Waals surface area contributed by atoms with Gasteiger partial charge in [-0.1, -0.05) is 12.1 Å². The Hall–Kier alpha value is -1.95. The fourth-order valence-corrected chi connectivity index (χ4v) is 3.40. The first-order valence-electron chi connectivity index (χ1n) is 7.83. The molecule has 5 nitrogen and oxygen atoms in total. The summed E-state index contributed by atoms with van der Waals surface area (Å²) in [6, 6.07) is 6.23. The van der Waals surface area contributed by atoms with E-state index in [0.717, 1.165) is 18.5 Å².